The average Bonchev–Trinajstić information content (AvgIpc) is 2.72. The van der Waals surface area contributed by atoms with Crippen LogP contribution in [0.15, 0.2) is 53.4 Å². The van der Waals surface area contributed by atoms with Crippen LogP contribution >= 0.6 is 0 Å². The van der Waals surface area contributed by atoms with Crippen LogP contribution in [0.25, 0.3) is 0 Å². The van der Waals surface area contributed by atoms with E-state index in [4.69, 9.17) is 11.2 Å². The molecule has 0 aliphatic heterocycles. The molecule has 0 heterocycles. The first-order valence-electron chi connectivity index (χ1n) is 8.28. The van der Waals surface area contributed by atoms with Crippen molar-refractivity contribution in [3.05, 3.63) is 59.9 Å². The van der Waals surface area contributed by atoms with Gasteiger partial charge in [0.05, 0.1) is 11.4 Å². The zero-order valence-corrected chi connectivity index (χ0v) is 16.1. The number of terminal acetylenes is 1. The molecule has 10 heteroatoms. The third-order valence-corrected chi connectivity index (χ3v) is 4.96. The first kappa shape index (κ1) is 21.9. The van der Waals surface area contributed by atoms with Crippen LogP contribution in [0.4, 0.5) is 4.39 Å². The standard InChI is InChI=1S/C19H18FN3O5S/c1-3-11-21-29(26,27)17-6-4-5-14(12-17)19(25)23-22-18(24)13(2)28-16-9-7-15(20)8-10-16/h1,4-10,12-13,21H,11H2,2H3,(H,22,24)(H,23,25). The van der Waals surface area contributed by atoms with Crippen LogP contribution in [0.2, 0.25) is 0 Å². The molecule has 2 rings (SSSR count). The molecule has 0 saturated heterocycles. The maximum Gasteiger partial charge on any atom is 0.279 e. The second kappa shape index (κ2) is 9.68. The Hall–Kier alpha value is -3.42. The van der Waals surface area contributed by atoms with Gasteiger partial charge in [-0.15, -0.1) is 6.42 Å². The lowest BCUT2D eigenvalue weighted by molar-refractivity contribution is -0.128. The van der Waals surface area contributed by atoms with E-state index in [0.717, 1.165) is 6.07 Å². The van der Waals surface area contributed by atoms with Gasteiger partial charge < -0.3 is 4.74 Å². The van der Waals surface area contributed by atoms with E-state index >= 15 is 0 Å². The van der Waals surface area contributed by atoms with Crippen molar-refractivity contribution in [1.29, 1.82) is 0 Å². The van der Waals surface area contributed by atoms with Crippen LogP contribution < -0.4 is 20.3 Å². The van der Waals surface area contributed by atoms with Crippen LogP contribution in [-0.2, 0) is 14.8 Å². The lowest BCUT2D eigenvalue weighted by atomic mass is 10.2. The molecule has 2 aromatic rings. The summed E-state index contributed by atoms with van der Waals surface area (Å²) in [5.41, 5.74) is 4.35. The highest BCUT2D eigenvalue weighted by molar-refractivity contribution is 7.89. The average molecular weight is 419 g/mol. The van der Waals surface area contributed by atoms with Crippen LogP contribution in [0.3, 0.4) is 0 Å². The number of nitrogens with one attached hydrogen (secondary N) is 3. The second-order valence-electron chi connectivity index (χ2n) is 5.71. The van der Waals surface area contributed by atoms with Gasteiger partial charge in [-0.2, -0.15) is 4.72 Å². The molecular formula is C19H18FN3O5S. The number of hydrazine groups is 1. The first-order chi connectivity index (χ1) is 13.7. The van der Waals surface area contributed by atoms with Crippen molar-refractivity contribution in [3.63, 3.8) is 0 Å². The minimum atomic E-state index is -3.87. The number of ether oxygens (including phenoxy) is 1. The molecular weight excluding hydrogens is 401 g/mol. The number of carbonyl (C=O) groups is 2. The monoisotopic (exact) mass is 419 g/mol. The highest BCUT2D eigenvalue weighted by atomic mass is 32.2. The predicted octanol–water partition coefficient (Wildman–Crippen LogP) is 0.966. The molecule has 8 nitrogen and oxygen atoms in total. The van der Waals surface area contributed by atoms with Crippen LogP contribution in [0.1, 0.15) is 17.3 Å². The Kier molecular flexibility index (Phi) is 7.30. The summed E-state index contributed by atoms with van der Waals surface area (Å²) in [7, 11) is -3.87. The molecule has 1 atom stereocenters. The number of amides is 2. The van der Waals surface area contributed by atoms with Gasteiger partial charge in [0.25, 0.3) is 11.8 Å². The summed E-state index contributed by atoms with van der Waals surface area (Å²) in [5.74, 6) is 0.579. The van der Waals surface area contributed by atoms with Crippen LogP contribution in [0.5, 0.6) is 5.75 Å². The van der Waals surface area contributed by atoms with Gasteiger partial charge in [-0.1, -0.05) is 12.0 Å². The number of hydrogen-bond donors (Lipinski definition) is 3. The van der Waals surface area contributed by atoms with E-state index in [9.17, 15) is 22.4 Å². The van der Waals surface area contributed by atoms with E-state index < -0.39 is 33.8 Å². The fourth-order valence-corrected chi connectivity index (χ4v) is 3.07. The molecule has 0 aromatic heterocycles. The number of halogens is 1. The van der Waals surface area contributed by atoms with Crippen molar-refractivity contribution in [3.8, 4) is 18.1 Å². The van der Waals surface area contributed by atoms with Gasteiger partial charge >= 0.3 is 0 Å². The summed E-state index contributed by atoms with van der Waals surface area (Å²) < 4.78 is 44.5. The Morgan fingerprint density at radius 1 is 1.17 bits per heavy atom. The van der Waals surface area contributed by atoms with E-state index in [2.05, 4.69) is 21.5 Å². The molecule has 0 aliphatic rings. The summed E-state index contributed by atoms with van der Waals surface area (Å²) in [5, 5.41) is 0. The molecule has 0 saturated carbocycles. The molecule has 0 bridgehead atoms. The van der Waals surface area contributed by atoms with Gasteiger partial charge in [0.1, 0.15) is 11.6 Å². The maximum absolute atomic E-state index is 12.9. The Labute approximate surface area is 167 Å². The molecule has 2 amide bonds. The van der Waals surface area contributed by atoms with Crippen molar-refractivity contribution >= 4 is 21.8 Å². The van der Waals surface area contributed by atoms with Gasteiger partial charge in [-0.05, 0) is 49.4 Å². The number of hydrogen-bond acceptors (Lipinski definition) is 5. The van der Waals surface area contributed by atoms with Crippen LogP contribution in [-0.4, -0.2) is 32.9 Å². The molecule has 1 unspecified atom stereocenters. The predicted molar refractivity (Wildman–Crippen MR) is 103 cm³/mol. The smallest absolute Gasteiger partial charge is 0.279 e. The van der Waals surface area contributed by atoms with E-state index in [0.29, 0.717) is 0 Å². The fraction of sp³-hybridized carbons (Fsp3) is 0.158. The van der Waals surface area contributed by atoms with Gasteiger partial charge in [-0.3, -0.25) is 20.4 Å². The molecule has 152 valence electrons. The maximum atomic E-state index is 12.9. The molecule has 0 spiro atoms. The summed E-state index contributed by atoms with van der Waals surface area (Å²) in [6.45, 7) is 1.25. The summed E-state index contributed by atoms with van der Waals surface area (Å²) in [6, 6.07) is 10.3. The Balaban J connectivity index is 1.96. The minimum absolute atomic E-state index is 0.000915. The molecule has 2 aromatic carbocycles. The van der Waals surface area contributed by atoms with Crippen molar-refractivity contribution in [2.45, 2.75) is 17.9 Å². The fourth-order valence-electron chi connectivity index (χ4n) is 2.09. The molecule has 0 aliphatic carbocycles. The van der Waals surface area contributed by atoms with Crippen molar-refractivity contribution in [2.24, 2.45) is 0 Å². The Bertz CT molecular complexity index is 1030. The normalized spacial score (nSPS) is 11.8. The Morgan fingerprint density at radius 2 is 1.86 bits per heavy atom. The number of benzene rings is 2. The van der Waals surface area contributed by atoms with Crippen molar-refractivity contribution in [1.82, 2.24) is 15.6 Å². The highest BCUT2D eigenvalue weighted by Gasteiger charge is 2.18. The van der Waals surface area contributed by atoms with E-state index in [1.54, 1.807) is 0 Å². The zero-order valence-electron chi connectivity index (χ0n) is 15.3. The first-order valence-corrected chi connectivity index (χ1v) is 9.77. The number of sulfonamides is 1. The minimum Gasteiger partial charge on any atom is -0.481 e. The molecule has 0 radical (unpaired) electrons. The van der Waals surface area contributed by atoms with Crippen molar-refractivity contribution in [2.75, 3.05) is 6.54 Å². The zero-order chi connectivity index (χ0) is 21.4. The molecule has 0 fully saturated rings. The summed E-state index contributed by atoms with van der Waals surface area (Å²) >= 11 is 0. The SMILES string of the molecule is C#CCNS(=O)(=O)c1cccc(C(=O)NNC(=O)C(C)Oc2ccc(F)cc2)c1. The summed E-state index contributed by atoms with van der Waals surface area (Å²) in [6.07, 6.45) is 4.05. The molecule has 29 heavy (non-hydrogen) atoms. The Morgan fingerprint density at radius 3 is 2.52 bits per heavy atom. The van der Waals surface area contributed by atoms with Gasteiger partial charge in [0.15, 0.2) is 6.10 Å². The third kappa shape index (κ3) is 6.31. The third-order valence-electron chi connectivity index (χ3n) is 3.57. The lowest BCUT2D eigenvalue weighted by Gasteiger charge is -2.15. The van der Waals surface area contributed by atoms with Gasteiger partial charge in [0, 0.05) is 5.56 Å². The summed E-state index contributed by atoms with van der Waals surface area (Å²) in [4.78, 5) is 24.1. The highest BCUT2D eigenvalue weighted by Crippen LogP contribution is 2.13. The van der Waals surface area contributed by atoms with Crippen molar-refractivity contribution < 1.29 is 27.1 Å². The number of carbonyl (C=O) groups excluding carboxylic acids is 2. The second-order valence-corrected chi connectivity index (χ2v) is 7.48. The van der Waals surface area contributed by atoms with Gasteiger partial charge in [0.2, 0.25) is 10.0 Å². The molecule has 3 N–H and O–H groups in total. The largest absolute Gasteiger partial charge is 0.481 e. The lowest BCUT2D eigenvalue weighted by Crippen LogP contribution is -2.47. The quantitative estimate of drug-likeness (QED) is 0.457. The van der Waals surface area contributed by atoms with E-state index in [-0.39, 0.29) is 22.8 Å². The van der Waals surface area contributed by atoms with Crippen LogP contribution in [0, 0.1) is 18.2 Å². The van der Waals surface area contributed by atoms with E-state index in [1.165, 1.54) is 49.4 Å². The topological polar surface area (TPSA) is 114 Å². The van der Waals surface area contributed by atoms with Gasteiger partial charge in [-0.25, -0.2) is 12.8 Å². The van der Waals surface area contributed by atoms with E-state index in [1.807, 2.05) is 0 Å². The number of rotatable bonds is 7.